The Morgan fingerprint density at radius 3 is 2.77 bits per heavy atom. The number of nitrogens with zero attached hydrogens (tertiary/aromatic N) is 1. The highest BCUT2D eigenvalue weighted by molar-refractivity contribution is 6.06. The minimum atomic E-state index is -1.97. The molecule has 1 atom stereocenters. The van der Waals surface area contributed by atoms with E-state index in [9.17, 15) is 23.2 Å². The van der Waals surface area contributed by atoms with E-state index in [0.717, 1.165) is 11.0 Å². The maximum atomic E-state index is 14.2. The molecule has 0 radical (unpaired) electrons. The minimum Gasteiger partial charge on any atom is -0.497 e. The van der Waals surface area contributed by atoms with Gasteiger partial charge < -0.3 is 15.0 Å². The lowest BCUT2D eigenvalue weighted by molar-refractivity contribution is -0.136. The quantitative estimate of drug-likeness (QED) is 0.731. The fourth-order valence-corrected chi connectivity index (χ4v) is 3.60. The predicted molar refractivity (Wildman–Crippen MR) is 103 cm³/mol. The number of hydrogen-bond acceptors (Lipinski definition) is 5. The molecule has 1 fully saturated rings. The molecule has 156 valence electrons. The van der Waals surface area contributed by atoms with Gasteiger partial charge in [0.15, 0.2) is 0 Å². The lowest BCUT2D eigenvalue weighted by Crippen LogP contribution is -2.52. The summed E-state index contributed by atoms with van der Waals surface area (Å²) in [5.74, 6) is -2.90. The Bertz CT molecular complexity index is 1110. The summed E-state index contributed by atoms with van der Waals surface area (Å²) in [4.78, 5) is 37.7. The molecule has 0 bridgehead atoms. The lowest BCUT2D eigenvalue weighted by Gasteiger charge is -2.29. The van der Waals surface area contributed by atoms with Crippen molar-refractivity contribution in [3.05, 3.63) is 58.7 Å². The molecule has 0 saturated carbocycles. The Morgan fingerprint density at radius 2 is 2.07 bits per heavy atom. The van der Waals surface area contributed by atoms with Crippen molar-refractivity contribution in [2.75, 3.05) is 12.4 Å². The summed E-state index contributed by atoms with van der Waals surface area (Å²) < 4.78 is 41.9. The van der Waals surface area contributed by atoms with E-state index >= 15 is 0 Å². The van der Waals surface area contributed by atoms with Crippen LogP contribution < -0.4 is 15.4 Å². The van der Waals surface area contributed by atoms with E-state index in [1.54, 1.807) is 6.07 Å². The number of imide groups is 1. The minimum absolute atomic E-state index is 0.0148. The Hall–Kier alpha value is -3.49. The molecule has 0 aliphatic carbocycles. The number of benzene rings is 2. The Labute approximate surface area is 172 Å². The number of halogens is 2. The predicted octanol–water partition coefficient (Wildman–Crippen LogP) is 2.35. The average Bonchev–Trinajstić information content (AvgIpc) is 3.07. The standard InChI is InChI=1S/C21H19F2N3O4/c1-30-13-3-2-11(16(23)8-13)9-24-17-7-12(22)6-14-15(17)10-26(21(14)29)18-4-5-19(27)25-20(18)28/h2-3,6-8,18,24H,4-5,9-10H2,1H3,(H,25,27,28)/i18D. The summed E-state index contributed by atoms with van der Waals surface area (Å²) in [7, 11) is 1.42. The topological polar surface area (TPSA) is 87.7 Å². The van der Waals surface area contributed by atoms with Crippen LogP contribution >= 0.6 is 0 Å². The normalized spacial score (nSPS) is 21.2. The fourth-order valence-electron chi connectivity index (χ4n) is 3.60. The van der Waals surface area contributed by atoms with Crippen LogP contribution in [-0.2, 0) is 22.7 Å². The third kappa shape index (κ3) is 3.58. The van der Waals surface area contributed by atoms with E-state index in [1.807, 2.05) is 0 Å². The maximum Gasteiger partial charge on any atom is 0.255 e. The molecule has 0 aromatic heterocycles. The van der Waals surface area contributed by atoms with Crippen LogP contribution in [0, 0.1) is 11.6 Å². The first-order valence-electron chi connectivity index (χ1n) is 9.78. The van der Waals surface area contributed by atoms with Gasteiger partial charge in [0.25, 0.3) is 5.91 Å². The van der Waals surface area contributed by atoms with E-state index in [1.165, 1.54) is 25.3 Å². The van der Waals surface area contributed by atoms with Crippen LogP contribution in [0.2, 0.25) is 0 Å². The van der Waals surface area contributed by atoms with Crippen molar-refractivity contribution in [1.29, 1.82) is 0 Å². The number of anilines is 1. The lowest BCUT2D eigenvalue weighted by atomic mass is 10.0. The van der Waals surface area contributed by atoms with Gasteiger partial charge >= 0.3 is 0 Å². The van der Waals surface area contributed by atoms with Crippen LogP contribution in [0.4, 0.5) is 14.5 Å². The zero-order valence-electron chi connectivity index (χ0n) is 17.1. The number of nitrogens with one attached hydrogen (secondary N) is 2. The second kappa shape index (κ2) is 7.74. The zero-order chi connectivity index (χ0) is 22.3. The first-order chi connectivity index (χ1) is 14.7. The Balaban J connectivity index is 1.61. The summed E-state index contributed by atoms with van der Waals surface area (Å²) in [6.45, 7) is -0.103. The number of hydrogen-bond donors (Lipinski definition) is 2. The van der Waals surface area contributed by atoms with Crippen LogP contribution in [-0.4, -0.2) is 35.7 Å². The number of ether oxygens (including phenoxy) is 1. The van der Waals surface area contributed by atoms with Crippen LogP contribution in [0.1, 0.15) is 35.7 Å². The molecule has 0 spiro atoms. The number of fused-ring (bicyclic) bond motifs is 1. The SMILES string of the molecule is [2H]C1(N2Cc3c(NCc4ccc(OC)cc4F)cc(F)cc3C2=O)CCC(=O)NC1=O. The molecule has 2 aliphatic heterocycles. The third-order valence-electron chi connectivity index (χ3n) is 5.17. The van der Waals surface area contributed by atoms with Crippen LogP contribution in [0.15, 0.2) is 30.3 Å². The molecular formula is C21H19F2N3O4. The van der Waals surface area contributed by atoms with Crippen LogP contribution in [0.5, 0.6) is 5.75 Å². The number of carbonyl (C=O) groups is 3. The van der Waals surface area contributed by atoms with Crippen molar-refractivity contribution >= 4 is 23.4 Å². The molecule has 7 nitrogen and oxygen atoms in total. The largest absolute Gasteiger partial charge is 0.497 e. The number of methoxy groups -OCH3 is 1. The van der Waals surface area contributed by atoms with Crippen LogP contribution in [0.3, 0.4) is 0 Å². The highest BCUT2D eigenvalue weighted by Gasteiger charge is 2.40. The Kier molecular flexibility index (Phi) is 4.78. The molecule has 2 aliphatic rings. The van der Waals surface area contributed by atoms with Gasteiger partial charge in [0.1, 0.15) is 23.4 Å². The smallest absolute Gasteiger partial charge is 0.255 e. The third-order valence-corrected chi connectivity index (χ3v) is 5.17. The fraction of sp³-hybridized carbons (Fsp3) is 0.286. The number of amides is 3. The monoisotopic (exact) mass is 416 g/mol. The molecule has 30 heavy (non-hydrogen) atoms. The molecule has 2 aromatic carbocycles. The molecule has 4 rings (SSSR count). The van der Waals surface area contributed by atoms with Gasteiger partial charge in [-0.1, -0.05) is 6.07 Å². The summed E-state index contributed by atoms with van der Waals surface area (Å²) >= 11 is 0. The number of carbonyl (C=O) groups excluding carboxylic acids is 3. The van der Waals surface area contributed by atoms with Gasteiger partial charge in [-0.25, -0.2) is 8.78 Å². The summed E-state index contributed by atoms with van der Waals surface area (Å²) in [5.41, 5.74) is 0.991. The van der Waals surface area contributed by atoms with Crippen molar-refractivity contribution in [2.45, 2.75) is 31.9 Å². The molecule has 1 saturated heterocycles. The van der Waals surface area contributed by atoms with Gasteiger partial charge in [0, 0.05) is 48.0 Å². The maximum absolute atomic E-state index is 14.2. The highest BCUT2D eigenvalue weighted by Crippen LogP contribution is 2.33. The molecular weight excluding hydrogens is 396 g/mol. The van der Waals surface area contributed by atoms with Crippen molar-refractivity contribution in [2.24, 2.45) is 0 Å². The van der Waals surface area contributed by atoms with E-state index in [-0.39, 0.29) is 37.2 Å². The van der Waals surface area contributed by atoms with Crippen molar-refractivity contribution < 1.29 is 29.3 Å². The first-order valence-corrected chi connectivity index (χ1v) is 9.28. The van der Waals surface area contributed by atoms with Gasteiger partial charge in [-0.05, 0) is 24.6 Å². The highest BCUT2D eigenvalue weighted by atomic mass is 19.1. The van der Waals surface area contributed by atoms with E-state index < -0.39 is 35.4 Å². The molecule has 1 unspecified atom stereocenters. The molecule has 2 heterocycles. The van der Waals surface area contributed by atoms with E-state index in [2.05, 4.69) is 10.6 Å². The molecule has 3 amide bonds. The second-order valence-corrected chi connectivity index (χ2v) is 7.01. The van der Waals surface area contributed by atoms with E-state index in [0.29, 0.717) is 16.9 Å². The van der Waals surface area contributed by atoms with Gasteiger partial charge in [0.05, 0.1) is 8.48 Å². The Morgan fingerprint density at radius 1 is 1.27 bits per heavy atom. The zero-order valence-corrected chi connectivity index (χ0v) is 16.1. The van der Waals surface area contributed by atoms with Gasteiger partial charge in [-0.2, -0.15) is 0 Å². The molecule has 2 N–H and O–H groups in total. The molecule has 9 heteroatoms. The number of piperidine rings is 1. The number of rotatable bonds is 5. The average molecular weight is 416 g/mol. The van der Waals surface area contributed by atoms with Crippen molar-refractivity contribution in [3.8, 4) is 5.75 Å². The summed E-state index contributed by atoms with van der Waals surface area (Å²) in [6, 6.07) is 4.60. The van der Waals surface area contributed by atoms with Gasteiger partial charge in [0.2, 0.25) is 11.8 Å². The van der Waals surface area contributed by atoms with Crippen molar-refractivity contribution in [3.63, 3.8) is 0 Å². The van der Waals surface area contributed by atoms with Crippen molar-refractivity contribution in [1.82, 2.24) is 10.2 Å². The summed E-state index contributed by atoms with van der Waals surface area (Å²) in [6.07, 6.45) is -0.231. The van der Waals surface area contributed by atoms with Crippen LogP contribution in [0.25, 0.3) is 0 Å². The van der Waals surface area contributed by atoms with E-state index in [4.69, 9.17) is 6.11 Å². The van der Waals surface area contributed by atoms with Gasteiger partial charge in [-0.15, -0.1) is 0 Å². The van der Waals surface area contributed by atoms with Gasteiger partial charge in [-0.3, -0.25) is 19.7 Å². The molecule has 2 aromatic rings. The first kappa shape index (κ1) is 18.5. The second-order valence-electron chi connectivity index (χ2n) is 7.01. The summed E-state index contributed by atoms with van der Waals surface area (Å²) in [5, 5.41) is 5.02.